The summed E-state index contributed by atoms with van der Waals surface area (Å²) in [5, 5.41) is 3.03. The molecule has 0 saturated carbocycles. The molecule has 3 heterocycles. The maximum atomic E-state index is 13.2. The van der Waals surface area contributed by atoms with Crippen LogP contribution >= 0.6 is 0 Å². The molecule has 1 aromatic rings. The molecule has 0 radical (unpaired) electrons. The average molecular weight is 414 g/mol. The fraction of sp³-hybridized carbons (Fsp3) is 0.609. The molecule has 2 unspecified atom stereocenters. The Labute approximate surface area is 177 Å². The van der Waals surface area contributed by atoms with Crippen molar-refractivity contribution < 1.29 is 19.1 Å². The Morgan fingerprint density at radius 2 is 2.03 bits per heavy atom. The van der Waals surface area contributed by atoms with Crippen molar-refractivity contribution in [2.75, 3.05) is 37.7 Å². The Bertz CT molecular complexity index is 832. The number of fused-ring (bicyclic) bond motifs is 1. The van der Waals surface area contributed by atoms with Crippen LogP contribution in [0.15, 0.2) is 18.2 Å². The molecule has 7 nitrogen and oxygen atoms in total. The molecule has 2 saturated heterocycles. The normalized spacial score (nSPS) is 24.0. The minimum atomic E-state index is -0.243. The third-order valence-electron chi connectivity index (χ3n) is 6.20. The Morgan fingerprint density at radius 1 is 1.20 bits per heavy atom. The van der Waals surface area contributed by atoms with Crippen LogP contribution in [0.25, 0.3) is 0 Å². The zero-order valence-corrected chi connectivity index (χ0v) is 17.9. The summed E-state index contributed by atoms with van der Waals surface area (Å²) in [6.07, 6.45) is 3.49. The van der Waals surface area contributed by atoms with Gasteiger partial charge >= 0.3 is 0 Å². The lowest BCUT2D eigenvalue weighted by Crippen LogP contribution is -2.44. The molecule has 3 aliphatic heterocycles. The second kappa shape index (κ2) is 8.76. The summed E-state index contributed by atoms with van der Waals surface area (Å²) in [6.45, 7) is 7.16. The quantitative estimate of drug-likeness (QED) is 0.725. The van der Waals surface area contributed by atoms with Crippen molar-refractivity contribution in [2.24, 2.45) is 11.8 Å². The lowest BCUT2D eigenvalue weighted by Gasteiger charge is -2.34. The minimum Gasteiger partial charge on any atom is -0.376 e. The number of amides is 3. The van der Waals surface area contributed by atoms with Gasteiger partial charge in [0.1, 0.15) is 0 Å². The number of nitrogens with zero attached hydrogens (tertiary/aromatic N) is 2. The van der Waals surface area contributed by atoms with Crippen molar-refractivity contribution in [1.29, 1.82) is 0 Å². The predicted octanol–water partition coefficient (Wildman–Crippen LogP) is 2.45. The summed E-state index contributed by atoms with van der Waals surface area (Å²) in [7, 11) is 0. The van der Waals surface area contributed by atoms with Gasteiger partial charge < -0.3 is 15.0 Å². The zero-order valence-electron chi connectivity index (χ0n) is 17.9. The van der Waals surface area contributed by atoms with E-state index >= 15 is 0 Å². The molecule has 1 aromatic carbocycles. The second-order valence-corrected chi connectivity index (χ2v) is 8.98. The number of benzene rings is 1. The van der Waals surface area contributed by atoms with Gasteiger partial charge in [-0.1, -0.05) is 19.9 Å². The third kappa shape index (κ3) is 4.08. The van der Waals surface area contributed by atoms with E-state index in [1.165, 1.54) is 4.90 Å². The van der Waals surface area contributed by atoms with Crippen LogP contribution in [0.3, 0.4) is 0 Å². The first-order valence-electron chi connectivity index (χ1n) is 11.1. The van der Waals surface area contributed by atoms with Crippen LogP contribution in [0.2, 0.25) is 0 Å². The van der Waals surface area contributed by atoms with Gasteiger partial charge in [-0.2, -0.15) is 0 Å². The van der Waals surface area contributed by atoms with Crippen LogP contribution in [0, 0.1) is 11.8 Å². The van der Waals surface area contributed by atoms with E-state index in [1.54, 1.807) is 6.07 Å². The topological polar surface area (TPSA) is 79.0 Å². The number of carbonyl (C=O) groups excluding carboxylic acids is 3. The Balaban J connectivity index is 1.52. The number of anilines is 1. The van der Waals surface area contributed by atoms with Gasteiger partial charge in [-0.25, -0.2) is 0 Å². The van der Waals surface area contributed by atoms with Gasteiger partial charge in [-0.15, -0.1) is 0 Å². The van der Waals surface area contributed by atoms with Crippen molar-refractivity contribution in [3.8, 4) is 0 Å². The first-order chi connectivity index (χ1) is 14.5. The smallest absolute Gasteiger partial charge is 0.263 e. The maximum absolute atomic E-state index is 13.2. The lowest BCUT2D eigenvalue weighted by atomic mass is 9.95. The molecule has 0 aliphatic carbocycles. The van der Waals surface area contributed by atoms with Gasteiger partial charge in [0.2, 0.25) is 5.91 Å². The third-order valence-corrected chi connectivity index (χ3v) is 6.20. The molecule has 0 aromatic heterocycles. The van der Waals surface area contributed by atoms with Crippen LogP contribution in [0.5, 0.6) is 0 Å². The number of ether oxygens (including phenoxy) is 1. The van der Waals surface area contributed by atoms with Crippen molar-refractivity contribution in [3.63, 3.8) is 0 Å². The molecule has 7 heteroatoms. The van der Waals surface area contributed by atoms with Crippen molar-refractivity contribution in [2.45, 2.75) is 45.6 Å². The molecule has 162 valence electrons. The molecule has 2 atom stereocenters. The molecule has 4 rings (SSSR count). The van der Waals surface area contributed by atoms with Crippen LogP contribution in [0.4, 0.5) is 5.69 Å². The molecular formula is C23H31N3O4. The molecule has 3 aliphatic rings. The van der Waals surface area contributed by atoms with Gasteiger partial charge in [0.15, 0.2) is 0 Å². The fourth-order valence-electron chi connectivity index (χ4n) is 4.60. The van der Waals surface area contributed by atoms with E-state index in [9.17, 15) is 14.4 Å². The molecular weight excluding hydrogens is 382 g/mol. The summed E-state index contributed by atoms with van der Waals surface area (Å²) in [6, 6.07) is 5.46. The number of imide groups is 1. The highest BCUT2D eigenvalue weighted by molar-refractivity contribution is 6.23. The van der Waals surface area contributed by atoms with E-state index in [4.69, 9.17) is 4.74 Å². The number of carbonyl (C=O) groups is 3. The van der Waals surface area contributed by atoms with Gasteiger partial charge in [0, 0.05) is 26.2 Å². The Morgan fingerprint density at radius 3 is 2.77 bits per heavy atom. The zero-order chi connectivity index (χ0) is 21.3. The van der Waals surface area contributed by atoms with E-state index in [-0.39, 0.29) is 29.7 Å². The highest BCUT2D eigenvalue weighted by atomic mass is 16.5. The summed E-state index contributed by atoms with van der Waals surface area (Å²) >= 11 is 0. The standard InChI is InChI=1S/C23H31N3O4/c1-15(2)12-24-21(27)16-6-4-10-25(13-16)19-9-3-8-18-20(19)23(29)26(22(18)28)14-17-7-5-11-30-17/h3,8-9,15-17H,4-7,10-14H2,1-2H3,(H,24,27). The average Bonchev–Trinajstić information content (AvgIpc) is 3.35. The number of piperidine rings is 1. The van der Waals surface area contributed by atoms with Gasteiger partial charge in [-0.3, -0.25) is 19.3 Å². The fourth-order valence-corrected chi connectivity index (χ4v) is 4.60. The SMILES string of the molecule is CC(C)CNC(=O)C1CCCN(c2cccc3c2C(=O)N(CC2CCCO2)C3=O)C1. The van der Waals surface area contributed by atoms with E-state index in [1.807, 2.05) is 12.1 Å². The van der Waals surface area contributed by atoms with Crippen molar-refractivity contribution in [3.05, 3.63) is 29.3 Å². The summed E-state index contributed by atoms with van der Waals surface area (Å²) < 4.78 is 5.64. The number of nitrogens with one attached hydrogen (secondary N) is 1. The van der Waals surface area contributed by atoms with Gasteiger partial charge in [-0.05, 0) is 43.7 Å². The number of rotatable bonds is 6. The second-order valence-electron chi connectivity index (χ2n) is 8.98. The largest absolute Gasteiger partial charge is 0.376 e. The summed E-state index contributed by atoms with van der Waals surface area (Å²) in [5.41, 5.74) is 1.70. The monoisotopic (exact) mass is 413 g/mol. The predicted molar refractivity (Wildman–Crippen MR) is 114 cm³/mol. The first-order valence-corrected chi connectivity index (χ1v) is 11.1. The number of hydrogen-bond acceptors (Lipinski definition) is 5. The van der Waals surface area contributed by atoms with Crippen LogP contribution in [-0.2, 0) is 9.53 Å². The van der Waals surface area contributed by atoms with Crippen molar-refractivity contribution >= 4 is 23.4 Å². The van der Waals surface area contributed by atoms with Crippen LogP contribution in [0.1, 0.15) is 60.2 Å². The number of hydrogen-bond donors (Lipinski definition) is 1. The van der Waals surface area contributed by atoms with Crippen LogP contribution < -0.4 is 10.2 Å². The first kappa shape index (κ1) is 20.8. The molecule has 0 bridgehead atoms. The Hall–Kier alpha value is -2.41. The van der Waals surface area contributed by atoms with Gasteiger partial charge in [0.25, 0.3) is 11.8 Å². The lowest BCUT2D eigenvalue weighted by molar-refractivity contribution is -0.125. The van der Waals surface area contributed by atoms with Crippen molar-refractivity contribution in [1.82, 2.24) is 10.2 Å². The van der Waals surface area contributed by atoms with E-state index in [0.717, 1.165) is 37.9 Å². The highest BCUT2D eigenvalue weighted by Gasteiger charge is 2.40. The maximum Gasteiger partial charge on any atom is 0.263 e. The highest BCUT2D eigenvalue weighted by Crippen LogP contribution is 2.34. The minimum absolute atomic E-state index is 0.0697. The molecule has 0 spiro atoms. The van der Waals surface area contributed by atoms with E-state index in [2.05, 4.69) is 24.1 Å². The summed E-state index contributed by atoms with van der Waals surface area (Å²) in [5.74, 6) is -0.112. The molecule has 30 heavy (non-hydrogen) atoms. The summed E-state index contributed by atoms with van der Waals surface area (Å²) in [4.78, 5) is 42.1. The van der Waals surface area contributed by atoms with Crippen LogP contribution in [-0.4, -0.2) is 61.5 Å². The Kier molecular flexibility index (Phi) is 6.09. The molecule has 1 N–H and O–H groups in total. The van der Waals surface area contributed by atoms with E-state index < -0.39 is 0 Å². The van der Waals surface area contributed by atoms with E-state index in [0.29, 0.717) is 43.3 Å². The molecule has 3 amide bonds. The molecule has 2 fully saturated rings. The van der Waals surface area contributed by atoms with Gasteiger partial charge in [0.05, 0.1) is 35.4 Å².